The second kappa shape index (κ2) is 32.8. The van der Waals surface area contributed by atoms with Gasteiger partial charge >= 0.3 is 0 Å². The van der Waals surface area contributed by atoms with Crippen LogP contribution in [0.2, 0.25) is 10.0 Å². The van der Waals surface area contributed by atoms with E-state index in [9.17, 15) is 8.78 Å². The lowest BCUT2D eigenvalue weighted by Gasteiger charge is -2.09. The molecule has 5 N–H and O–H groups in total. The van der Waals surface area contributed by atoms with Crippen LogP contribution in [0.15, 0.2) is 310 Å². The highest BCUT2D eigenvalue weighted by Crippen LogP contribution is 2.41. The number of nitrogens with one attached hydrogen (secondary N) is 5. The van der Waals surface area contributed by atoms with Crippen molar-refractivity contribution in [2.24, 2.45) is 0 Å². The maximum atomic E-state index is 13.6. The largest absolute Gasteiger partial charge is 0.497 e. The van der Waals surface area contributed by atoms with Crippen molar-refractivity contribution >= 4 is 78.4 Å². The molecule has 0 saturated heterocycles. The number of furan rings is 5. The summed E-state index contributed by atoms with van der Waals surface area (Å²) in [5.74, 6) is 2.35. The summed E-state index contributed by atoms with van der Waals surface area (Å²) >= 11 is 12.0. The molecule has 0 amide bonds. The van der Waals surface area contributed by atoms with Crippen molar-refractivity contribution in [1.29, 1.82) is 0 Å². The quantitative estimate of drug-likeness (QED) is 0.0641. The topological polar surface area (TPSA) is 246 Å². The number of rotatable bonds is 15. The Morgan fingerprint density at radius 2 is 0.655 bits per heavy atom. The van der Waals surface area contributed by atoms with E-state index in [0.29, 0.717) is 22.9 Å². The number of H-pyrrole nitrogens is 5. The molecule has 0 bridgehead atoms. The second-order valence-electron chi connectivity index (χ2n) is 25.7. The molecule has 15 aromatic heterocycles. The normalized spacial score (nSPS) is 11.0. The van der Waals surface area contributed by atoms with Crippen LogP contribution in [-0.2, 0) is 0 Å². The van der Waals surface area contributed by atoms with Gasteiger partial charge < -0.3 is 66.0 Å². The minimum Gasteiger partial charge on any atom is -0.497 e. The number of aromatic nitrogens is 10. The number of ether oxygens (including phenoxy) is 4. The van der Waals surface area contributed by atoms with Crippen molar-refractivity contribution in [3.63, 3.8) is 0 Å². The fourth-order valence-electron chi connectivity index (χ4n) is 13.2. The van der Waals surface area contributed by atoms with Crippen LogP contribution in [0.25, 0.3) is 166 Å². The van der Waals surface area contributed by atoms with Crippen molar-refractivity contribution in [3.05, 3.63) is 310 Å². The summed E-state index contributed by atoms with van der Waals surface area (Å²) in [5, 5.41) is 5.85. The third-order valence-electron chi connectivity index (χ3n) is 18.9. The molecule has 0 radical (unpaired) electrons. The Morgan fingerprint density at radius 3 is 1.00 bits per heavy atom. The number of halogens is 4. The van der Waals surface area contributed by atoms with Gasteiger partial charge in [0.05, 0.1) is 95.6 Å². The summed E-state index contributed by atoms with van der Waals surface area (Å²) in [7, 11) is 4.88. The highest BCUT2D eigenvalue weighted by molar-refractivity contribution is 6.31. The van der Waals surface area contributed by atoms with Gasteiger partial charge in [0.2, 0.25) is 0 Å². The Hall–Kier alpha value is -14.4. The highest BCUT2D eigenvalue weighted by atomic mass is 35.5. The minimum atomic E-state index is -0.430. The Bertz CT molecular complexity index is 6430. The first-order valence-corrected chi connectivity index (χ1v) is 36.2. The Kier molecular flexibility index (Phi) is 21.1. The number of nitrogens with zero attached hydrogens (tertiary/aromatic N) is 5. The average Bonchev–Trinajstić information content (AvgIpc) is 1.64. The lowest BCUT2D eigenvalue weighted by molar-refractivity contribution is 0.340. The van der Waals surface area contributed by atoms with Crippen LogP contribution in [0.5, 0.6) is 23.0 Å². The van der Waals surface area contributed by atoms with Crippen LogP contribution in [-0.4, -0.2) is 77.8 Å². The first-order chi connectivity index (χ1) is 55.4. The summed E-state index contributed by atoms with van der Waals surface area (Å²) in [6.07, 6.45) is 35.5. The summed E-state index contributed by atoms with van der Waals surface area (Å²) in [6.45, 7) is 2.65. The van der Waals surface area contributed by atoms with E-state index in [1.54, 1.807) is 115 Å². The molecule has 558 valence electrons. The van der Waals surface area contributed by atoms with Gasteiger partial charge in [-0.25, -0.2) is 33.7 Å². The zero-order chi connectivity index (χ0) is 77.3. The van der Waals surface area contributed by atoms with Crippen LogP contribution < -0.4 is 18.9 Å². The van der Waals surface area contributed by atoms with E-state index in [4.69, 9.17) is 64.2 Å². The smallest absolute Gasteiger partial charge is 0.141 e. The fraction of sp³-hybridized carbons (Fsp3) is 0.0556. The lowest BCUT2D eigenvalue weighted by atomic mass is 10.0. The number of hydrogen-bond donors (Lipinski definition) is 5. The summed E-state index contributed by atoms with van der Waals surface area (Å²) in [5.41, 5.74) is 23.7. The lowest BCUT2D eigenvalue weighted by Crippen LogP contribution is -1.90. The van der Waals surface area contributed by atoms with Gasteiger partial charge in [0.15, 0.2) is 0 Å². The van der Waals surface area contributed by atoms with Gasteiger partial charge in [0.25, 0.3) is 0 Å². The number of hydrogen-bond acceptors (Lipinski definition) is 14. The van der Waals surface area contributed by atoms with E-state index in [0.717, 1.165) is 178 Å². The molecular weight excluding hydrogens is 1470 g/mol. The predicted octanol–water partition coefficient (Wildman–Crippen LogP) is 24.5. The fourth-order valence-corrected chi connectivity index (χ4v) is 13.6. The van der Waals surface area contributed by atoms with E-state index >= 15 is 0 Å². The summed E-state index contributed by atoms with van der Waals surface area (Å²) in [4.78, 5) is 38.3. The molecule has 0 aliphatic carbocycles. The zero-order valence-electron chi connectivity index (χ0n) is 60.8. The third kappa shape index (κ3) is 15.7. The van der Waals surface area contributed by atoms with Gasteiger partial charge in [0, 0.05) is 189 Å². The number of pyridine rings is 5. The standard InChI is InChI=1S/C19H16N2O2.C18H13ClN2O2.C18H13FN2O2.C18H14N2O2.C17H10ClFN2O/c1-2-23-16-5-3-13(4-6-16)15-9-17-18(14-7-8-22-12-14)11-21-19(17)20-10-15;2*1-22-17-3-2-13(19)7-14(17)12-6-15-16(11-4-5-23-10-11)9-21-18(15)20-8-12;1-21-15-4-2-12(3-5-15)14-8-16-17(13-6-7-22-11-13)10-20-18(16)19-9-14;18-15-6-10(1-2-16(15)19)12-5-13-14(11-3-4-22-9-11)8-21-17(13)20-7-12/h3-12H,2H2,1H3,(H,20,21);2*2-10H,1H3,(H,20,21);2-11H,1H3,(H,19,20);1-9H,(H,20,21). The van der Waals surface area contributed by atoms with Crippen LogP contribution in [0.1, 0.15) is 6.92 Å². The second-order valence-corrected chi connectivity index (χ2v) is 26.5. The van der Waals surface area contributed by atoms with Gasteiger partial charge in [-0.15, -0.1) is 0 Å². The molecule has 0 atom stereocenters. The van der Waals surface area contributed by atoms with Crippen LogP contribution in [0.3, 0.4) is 0 Å². The van der Waals surface area contributed by atoms with E-state index in [1.807, 2.05) is 154 Å². The molecule has 0 spiro atoms. The van der Waals surface area contributed by atoms with Crippen molar-refractivity contribution in [3.8, 4) is 134 Å². The molecule has 0 aliphatic rings. The maximum Gasteiger partial charge on any atom is 0.141 e. The molecule has 0 unspecified atom stereocenters. The highest BCUT2D eigenvalue weighted by Gasteiger charge is 2.18. The monoisotopic (exact) mass is 1540 g/mol. The average molecular weight is 1540 g/mol. The maximum absolute atomic E-state index is 13.6. The molecule has 19 nitrogen and oxygen atoms in total. The molecule has 0 saturated carbocycles. The number of methoxy groups -OCH3 is 3. The van der Waals surface area contributed by atoms with Crippen molar-refractivity contribution in [1.82, 2.24) is 49.8 Å². The minimum absolute atomic E-state index is 0.0988. The van der Waals surface area contributed by atoms with E-state index < -0.39 is 5.82 Å². The van der Waals surface area contributed by atoms with E-state index in [2.05, 4.69) is 80.2 Å². The molecular formula is C90H66Cl2F2N10O9. The first-order valence-electron chi connectivity index (χ1n) is 35.4. The molecule has 23 heteroatoms. The van der Waals surface area contributed by atoms with Crippen molar-refractivity contribution < 1.29 is 49.8 Å². The molecule has 5 aromatic carbocycles. The van der Waals surface area contributed by atoms with Crippen molar-refractivity contribution in [2.75, 3.05) is 27.9 Å². The Labute approximate surface area is 653 Å². The van der Waals surface area contributed by atoms with Crippen molar-refractivity contribution in [2.45, 2.75) is 6.92 Å². The number of benzene rings is 5. The van der Waals surface area contributed by atoms with Gasteiger partial charge in [-0.3, -0.25) is 0 Å². The molecule has 20 aromatic rings. The Morgan fingerprint density at radius 1 is 0.319 bits per heavy atom. The Balaban J connectivity index is 0.000000107. The molecule has 0 fully saturated rings. The van der Waals surface area contributed by atoms with Gasteiger partial charge in [-0.1, -0.05) is 53.5 Å². The van der Waals surface area contributed by atoms with Gasteiger partial charge in [-0.05, 0) is 157 Å². The van der Waals surface area contributed by atoms with Crippen LogP contribution in [0, 0.1) is 11.6 Å². The molecule has 113 heavy (non-hydrogen) atoms. The van der Waals surface area contributed by atoms with Gasteiger partial charge in [0.1, 0.15) is 62.9 Å². The summed E-state index contributed by atoms with van der Waals surface area (Å²) in [6, 6.07) is 50.6. The first kappa shape index (κ1) is 72.8. The van der Waals surface area contributed by atoms with Crippen LogP contribution in [0.4, 0.5) is 8.78 Å². The number of aromatic amines is 5. The SMILES string of the molecule is CCOc1ccc(-c2cnc3[nH]cc(-c4ccoc4)c3c2)cc1.COc1ccc(-c2cnc3[nH]cc(-c4ccoc4)c3c2)cc1.COc1ccc(Cl)cc1-c1cnc2[nH]cc(-c3ccoc3)c2c1.COc1ccc(F)cc1-c1cnc2[nH]cc(-c3ccoc3)c2c1.Fc1ccc(-c2cnc3[nH]cc(-c4ccoc4)c3c2)cc1Cl. The number of fused-ring (bicyclic) bond motifs is 5. The molecule has 15 heterocycles. The van der Waals surface area contributed by atoms with E-state index in [1.165, 1.54) is 18.2 Å². The van der Waals surface area contributed by atoms with E-state index in [-0.39, 0.29) is 10.8 Å². The molecule has 20 rings (SSSR count). The predicted molar refractivity (Wildman–Crippen MR) is 437 cm³/mol. The molecule has 0 aliphatic heterocycles. The van der Waals surface area contributed by atoms with Crippen LogP contribution >= 0.6 is 23.2 Å². The third-order valence-corrected chi connectivity index (χ3v) is 19.5. The zero-order valence-corrected chi connectivity index (χ0v) is 62.3. The van der Waals surface area contributed by atoms with Gasteiger partial charge in [-0.2, -0.15) is 0 Å². The summed E-state index contributed by atoms with van der Waals surface area (Å²) < 4.78 is 74.2.